The number of ketones is 1. The van der Waals surface area contributed by atoms with E-state index < -0.39 is 23.5 Å². The van der Waals surface area contributed by atoms with E-state index in [-0.39, 0.29) is 26.3 Å². The van der Waals surface area contributed by atoms with Crippen molar-refractivity contribution in [1.82, 2.24) is 0 Å². The van der Waals surface area contributed by atoms with Gasteiger partial charge in [0, 0.05) is 21.4 Å². The molecule has 0 bridgehead atoms. The van der Waals surface area contributed by atoms with E-state index in [1.165, 1.54) is 24.3 Å². The molecule has 0 radical (unpaired) electrons. The smallest absolute Gasteiger partial charge is 0.197 e. The number of carbonyl (C=O) groups is 1. The summed E-state index contributed by atoms with van der Waals surface area (Å²) in [6.45, 7) is 0. The van der Waals surface area contributed by atoms with Crippen LogP contribution in [0.25, 0.3) is 0 Å². The molecule has 0 aromatic heterocycles. The number of benzene rings is 2. The lowest BCUT2D eigenvalue weighted by Crippen LogP contribution is -2.17. The molecule has 22 heavy (non-hydrogen) atoms. The minimum absolute atomic E-state index is 0. The lowest BCUT2D eigenvalue weighted by molar-refractivity contribution is 0.103. The van der Waals surface area contributed by atoms with Crippen LogP contribution in [0.5, 0.6) is 0 Å². The zero-order valence-corrected chi connectivity index (χ0v) is 12.4. The fraction of sp³-hybridized carbons (Fsp3) is 0.235. The first-order valence-corrected chi connectivity index (χ1v) is 7.40. The van der Waals surface area contributed by atoms with Crippen molar-refractivity contribution in [3.05, 3.63) is 69.7 Å². The van der Waals surface area contributed by atoms with E-state index >= 15 is 0 Å². The number of carbonyl (C=O) groups excluding carboxylic acids is 1. The summed E-state index contributed by atoms with van der Waals surface area (Å²) >= 11 is 6.00. The van der Waals surface area contributed by atoms with Crippen molar-refractivity contribution in [3.8, 4) is 0 Å². The molecule has 3 rings (SSSR count). The topological polar surface area (TPSA) is 43.1 Å². The van der Waals surface area contributed by atoms with Gasteiger partial charge < -0.3 is 5.73 Å². The highest BCUT2D eigenvalue weighted by Crippen LogP contribution is 2.41. The largest absolute Gasteiger partial charge is 0.324 e. The average molecular weight is 328 g/mol. The Morgan fingerprint density at radius 1 is 1.18 bits per heavy atom. The summed E-state index contributed by atoms with van der Waals surface area (Å²) in [7, 11) is 0. The zero-order chi connectivity index (χ0) is 15.9. The van der Waals surface area contributed by atoms with Gasteiger partial charge in [-0.2, -0.15) is 0 Å². The van der Waals surface area contributed by atoms with Crippen LogP contribution in [0.2, 0.25) is 5.02 Å². The Hall–Kier alpha value is -1.78. The van der Waals surface area contributed by atoms with Crippen molar-refractivity contribution >= 4 is 17.4 Å². The number of halogens is 3. The van der Waals surface area contributed by atoms with Crippen LogP contribution in [-0.2, 0) is 0 Å². The van der Waals surface area contributed by atoms with Crippen LogP contribution in [0.3, 0.4) is 0 Å². The van der Waals surface area contributed by atoms with Crippen molar-refractivity contribution in [2.24, 2.45) is 11.7 Å². The Bertz CT molecular complexity index is 739. The summed E-state index contributed by atoms with van der Waals surface area (Å²) in [4.78, 5) is 12.5. The second-order valence-electron chi connectivity index (χ2n) is 5.52. The van der Waals surface area contributed by atoms with Gasteiger partial charge in [0.2, 0.25) is 0 Å². The van der Waals surface area contributed by atoms with Crippen molar-refractivity contribution in [3.63, 3.8) is 0 Å². The summed E-state index contributed by atoms with van der Waals surface area (Å²) in [5.41, 5.74) is 6.31. The molecule has 1 fully saturated rings. The summed E-state index contributed by atoms with van der Waals surface area (Å²) in [5.74, 6) is -1.47. The predicted molar refractivity (Wildman–Crippen MR) is 87.2 cm³/mol. The average Bonchev–Trinajstić information content (AvgIpc) is 3.32. The van der Waals surface area contributed by atoms with Gasteiger partial charge in [0.15, 0.2) is 5.78 Å². The molecule has 0 amide bonds. The molecule has 2 aromatic rings. The van der Waals surface area contributed by atoms with Gasteiger partial charge in [-0.15, -0.1) is 0 Å². The number of hydrogen-bond donors (Lipinski definition) is 1. The maximum absolute atomic E-state index is 14.7. The standard InChI is InChI=1S/C17H14ClF2NO.3H2/c18-13-8-7-12(16(21)9-1-2-9)15(20)14(13)17(22)10-3-5-11(19)6-4-10;;;/h3-9,16H,1-2,21H2;3*1H/t16-;;;/m1.../s1. The molecule has 5 heteroatoms. The maximum Gasteiger partial charge on any atom is 0.197 e. The summed E-state index contributed by atoms with van der Waals surface area (Å²) in [6.07, 6.45) is 1.93. The predicted octanol–water partition coefficient (Wildman–Crippen LogP) is 5.00. The molecule has 1 saturated carbocycles. The number of hydrogen-bond acceptors (Lipinski definition) is 2. The quantitative estimate of drug-likeness (QED) is 0.803. The SMILES string of the molecule is N[C@@H](c1ccc(Cl)c(C(=O)c2ccc(F)cc2)c1F)C1CC1.[HH].[HH].[HH]. The molecule has 2 nitrogen and oxygen atoms in total. The van der Waals surface area contributed by atoms with Gasteiger partial charge in [-0.3, -0.25) is 4.79 Å². The highest BCUT2D eigenvalue weighted by molar-refractivity contribution is 6.35. The third-order valence-electron chi connectivity index (χ3n) is 3.94. The van der Waals surface area contributed by atoms with Crippen LogP contribution in [0.1, 0.15) is 44.6 Å². The molecule has 0 heterocycles. The van der Waals surface area contributed by atoms with E-state index in [0.29, 0.717) is 5.56 Å². The molecule has 120 valence electrons. The maximum atomic E-state index is 14.7. The molecule has 0 unspecified atom stereocenters. The Labute approximate surface area is 136 Å². The first-order chi connectivity index (χ1) is 10.5. The fourth-order valence-corrected chi connectivity index (χ4v) is 2.72. The molecular weight excluding hydrogens is 308 g/mol. The molecule has 2 N–H and O–H groups in total. The van der Waals surface area contributed by atoms with Crippen LogP contribution in [0.15, 0.2) is 36.4 Å². The third-order valence-corrected chi connectivity index (χ3v) is 4.26. The van der Waals surface area contributed by atoms with Gasteiger partial charge in [0.25, 0.3) is 0 Å². The summed E-state index contributed by atoms with van der Waals surface area (Å²) in [6, 6.07) is 7.50. The normalized spacial score (nSPS) is 15.6. The lowest BCUT2D eigenvalue weighted by atomic mass is 9.96. The van der Waals surface area contributed by atoms with E-state index in [2.05, 4.69) is 0 Å². The summed E-state index contributed by atoms with van der Waals surface area (Å²) < 4.78 is 27.7. The second kappa shape index (κ2) is 5.78. The van der Waals surface area contributed by atoms with Crippen LogP contribution in [0.4, 0.5) is 8.78 Å². The van der Waals surface area contributed by atoms with Crippen LogP contribution in [0, 0.1) is 17.6 Å². The van der Waals surface area contributed by atoms with Gasteiger partial charge in [-0.25, -0.2) is 8.78 Å². The molecule has 0 spiro atoms. The molecular formula is C17H20ClF2NO. The molecule has 2 aromatic carbocycles. The molecule has 0 saturated heterocycles. The van der Waals surface area contributed by atoms with Gasteiger partial charge in [-0.05, 0) is 49.1 Å². The van der Waals surface area contributed by atoms with E-state index in [1.807, 2.05) is 0 Å². The van der Waals surface area contributed by atoms with E-state index in [1.54, 1.807) is 0 Å². The first kappa shape index (κ1) is 15.1. The van der Waals surface area contributed by atoms with Gasteiger partial charge in [-0.1, -0.05) is 17.7 Å². The highest BCUT2D eigenvalue weighted by atomic mass is 35.5. The van der Waals surface area contributed by atoms with E-state index in [4.69, 9.17) is 17.3 Å². The van der Waals surface area contributed by atoms with Gasteiger partial charge in [0.1, 0.15) is 11.6 Å². The monoisotopic (exact) mass is 327 g/mol. The lowest BCUT2D eigenvalue weighted by Gasteiger charge is -2.15. The van der Waals surface area contributed by atoms with Gasteiger partial charge in [0.05, 0.1) is 10.6 Å². The molecule has 1 aliphatic carbocycles. The van der Waals surface area contributed by atoms with Gasteiger partial charge >= 0.3 is 0 Å². The van der Waals surface area contributed by atoms with E-state index in [9.17, 15) is 13.6 Å². The Balaban J connectivity index is 0.00000192. The van der Waals surface area contributed by atoms with Crippen molar-refractivity contribution < 1.29 is 17.9 Å². The van der Waals surface area contributed by atoms with Crippen molar-refractivity contribution in [1.29, 1.82) is 0 Å². The molecule has 1 atom stereocenters. The number of rotatable bonds is 4. The Morgan fingerprint density at radius 2 is 1.82 bits per heavy atom. The second-order valence-corrected chi connectivity index (χ2v) is 5.93. The highest BCUT2D eigenvalue weighted by Gasteiger charge is 2.33. The Morgan fingerprint density at radius 3 is 2.41 bits per heavy atom. The fourth-order valence-electron chi connectivity index (χ4n) is 2.49. The number of nitrogens with two attached hydrogens (primary N) is 1. The zero-order valence-electron chi connectivity index (χ0n) is 11.7. The molecule has 1 aliphatic rings. The minimum Gasteiger partial charge on any atom is -0.324 e. The third kappa shape index (κ3) is 2.76. The Kier molecular flexibility index (Phi) is 3.98. The van der Waals surface area contributed by atoms with Crippen LogP contribution in [-0.4, -0.2) is 5.78 Å². The first-order valence-electron chi connectivity index (χ1n) is 7.02. The van der Waals surface area contributed by atoms with E-state index in [0.717, 1.165) is 25.0 Å². The van der Waals surface area contributed by atoms with Crippen LogP contribution >= 0.6 is 11.6 Å². The van der Waals surface area contributed by atoms with Crippen LogP contribution < -0.4 is 5.73 Å². The molecule has 0 aliphatic heterocycles. The minimum atomic E-state index is -0.679. The van der Waals surface area contributed by atoms with Crippen molar-refractivity contribution in [2.45, 2.75) is 18.9 Å². The summed E-state index contributed by atoms with van der Waals surface area (Å²) in [5, 5.41) is 0.0265. The van der Waals surface area contributed by atoms with Crippen molar-refractivity contribution in [2.75, 3.05) is 0 Å².